The number of carbonyl (C=O) groups is 2. The van der Waals surface area contributed by atoms with E-state index in [0.29, 0.717) is 6.42 Å². The van der Waals surface area contributed by atoms with Gasteiger partial charge in [-0.25, -0.2) is 0 Å². The Kier molecular flexibility index (Phi) is 10.7. The van der Waals surface area contributed by atoms with E-state index in [-0.39, 0.29) is 24.5 Å². The quantitative estimate of drug-likeness (QED) is 0.472. The Morgan fingerprint density at radius 1 is 1.17 bits per heavy atom. The van der Waals surface area contributed by atoms with E-state index in [1.807, 2.05) is 4.90 Å². The Morgan fingerprint density at radius 2 is 1.92 bits per heavy atom. The van der Waals surface area contributed by atoms with Crippen LogP contribution in [0, 0.1) is 0 Å². The molecule has 1 heterocycles. The molecular formula is C19H35NO4. The monoisotopic (exact) mass is 341 g/mol. The summed E-state index contributed by atoms with van der Waals surface area (Å²) in [6.07, 6.45) is 11.1. The second kappa shape index (κ2) is 12.3. The van der Waals surface area contributed by atoms with Crippen LogP contribution in [0.3, 0.4) is 0 Å². The third-order valence-electron chi connectivity index (χ3n) is 4.97. The van der Waals surface area contributed by atoms with Gasteiger partial charge < -0.3 is 15.1 Å². The second-order valence-corrected chi connectivity index (χ2v) is 7.06. The smallest absolute Gasteiger partial charge is 0.303 e. The number of carboxylic acids is 1. The standard InChI is InChI=1S/C19H35NO4/c1-2-3-6-9-17(21)13-11-16-12-14-18(22)20(16)15-8-5-4-7-10-19(23)24/h16-17,21H,2-15H2,1H3,(H,23,24)/t16-,17+/m0/s1. The molecule has 1 aliphatic rings. The molecule has 0 radical (unpaired) electrons. The Bertz CT molecular complexity index is 372. The van der Waals surface area contributed by atoms with Crippen LogP contribution in [0.4, 0.5) is 0 Å². The lowest BCUT2D eigenvalue weighted by atomic mass is 10.0. The van der Waals surface area contributed by atoms with Gasteiger partial charge in [0, 0.05) is 25.4 Å². The van der Waals surface area contributed by atoms with E-state index < -0.39 is 5.97 Å². The molecule has 5 heteroatoms. The van der Waals surface area contributed by atoms with Gasteiger partial charge in [0.05, 0.1) is 6.10 Å². The second-order valence-electron chi connectivity index (χ2n) is 7.06. The third kappa shape index (κ3) is 8.67. The first kappa shape index (κ1) is 20.9. The minimum atomic E-state index is -0.734. The molecule has 140 valence electrons. The molecule has 0 aromatic carbocycles. The highest BCUT2D eigenvalue weighted by molar-refractivity contribution is 5.78. The van der Waals surface area contributed by atoms with E-state index in [9.17, 15) is 14.7 Å². The fraction of sp³-hybridized carbons (Fsp3) is 0.895. The van der Waals surface area contributed by atoms with Gasteiger partial charge in [0.15, 0.2) is 0 Å². The summed E-state index contributed by atoms with van der Waals surface area (Å²) in [4.78, 5) is 24.5. The molecule has 0 saturated carbocycles. The van der Waals surface area contributed by atoms with Crippen molar-refractivity contribution >= 4 is 11.9 Å². The summed E-state index contributed by atoms with van der Waals surface area (Å²) in [7, 11) is 0. The number of unbranched alkanes of at least 4 members (excludes halogenated alkanes) is 5. The highest BCUT2D eigenvalue weighted by Gasteiger charge is 2.30. The van der Waals surface area contributed by atoms with Crippen molar-refractivity contribution < 1.29 is 19.8 Å². The number of rotatable bonds is 14. The number of aliphatic hydroxyl groups excluding tert-OH is 1. The molecule has 5 nitrogen and oxygen atoms in total. The summed E-state index contributed by atoms with van der Waals surface area (Å²) in [5.74, 6) is -0.492. The van der Waals surface area contributed by atoms with Crippen LogP contribution in [0.5, 0.6) is 0 Å². The van der Waals surface area contributed by atoms with Crippen molar-refractivity contribution in [2.45, 2.75) is 103 Å². The fourth-order valence-electron chi connectivity index (χ4n) is 3.47. The summed E-state index contributed by atoms with van der Waals surface area (Å²) in [5.41, 5.74) is 0. The Morgan fingerprint density at radius 3 is 2.62 bits per heavy atom. The molecule has 0 spiro atoms. The summed E-state index contributed by atoms with van der Waals surface area (Å²) >= 11 is 0. The summed E-state index contributed by atoms with van der Waals surface area (Å²) in [6, 6.07) is 0.289. The summed E-state index contributed by atoms with van der Waals surface area (Å²) in [5, 5.41) is 18.7. The van der Waals surface area contributed by atoms with Crippen LogP contribution < -0.4 is 0 Å². The number of likely N-dealkylation sites (tertiary alicyclic amines) is 1. The van der Waals surface area contributed by atoms with Gasteiger partial charge >= 0.3 is 5.97 Å². The van der Waals surface area contributed by atoms with Crippen molar-refractivity contribution in [2.75, 3.05) is 6.54 Å². The highest BCUT2D eigenvalue weighted by Crippen LogP contribution is 2.24. The molecule has 0 aromatic heterocycles. The molecule has 0 bridgehead atoms. The molecule has 0 unspecified atom stereocenters. The molecule has 2 N–H and O–H groups in total. The largest absolute Gasteiger partial charge is 0.481 e. The van der Waals surface area contributed by atoms with Crippen molar-refractivity contribution in [1.29, 1.82) is 0 Å². The zero-order chi connectivity index (χ0) is 17.8. The third-order valence-corrected chi connectivity index (χ3v) is 4.97. The van der Waals surface area contributed by atoms with Gasteiger partial charge in [-0.05, 0) is 38.5 Å². The first-order valence-electron chi connectivity index (χ1n) is 9.74. The number of hydrogen-bond donors (Lipinski definition) is 2. The van der Waals surface area contributed by atoms with Crippen molar-refractivity contribution in [3.63, 3.8) is 0 Å². The number of carboxylic acid groups (broad SMARTS) is 1. The van der Waals surface area contributed by atoms with Crippen LogP contribution in [0.2, 0.25) is 0 Å². The van der Waals surface area contributed by atoms with Gasteiger partial charge in [-0.15, -0.1) is 0 Å². The van der Waals surface area contributed by atoms with Gasteiger partial charge in [0.1, 0.15) is 0 Å². The van der Waals surface area contributed by atoms with Crippen LogP contribution in [-0.4, -0.2) is 45.7 Å². The molecule has 1 aliphatic heterocycles. The summed E-state index contributed by atoms with van der Waals surface area (Å²) in [6.45, 7) is 2.94. The number of aliphatic carboxylic acids is 1. The average Bonchev–Trinajstić information content (AvgIpc) is 2.89. The predicted molar refractivity (Wildman–Crippen MR) is 94.8 cm³/mol. The Labute approximate surface area is 146 Å². The van der Waals surface area contributed by atoms with Crippen LogP contribution in [0.1, 0.15) is 90.4 Å². The molecule has 0 aromatic rings. The number of nitrogens with zero attached hydrogens (tertiary/aromatic N) is 1. The molecule has 1 amide bonds. The van der Waals surface area contributed by atoms with Gasteiger partial charge in [0.2, 0.25) is 5.91 Å². The first-order chi connectivity index (χ1) is 11.5. The van der Waals surface area contributed by atoms with Crippen LogP contribution in [-0.2, 0) is 9.59 Å². The molecule has 2 atom stereocenters. The lowest BCUT2D eigenvalue weighted by Crippen LogP contribution is -2.34. The number of carbonyl (C=O) groups excluding carboxylic acids is 1. The Balaban J connectivity index is 2.19. The maximum atomic E-state index is 12.0. The molecule has 1 fully saturated rings. The minimum Gasteiger partial charge on any atom is -0.481 e. The lowest BCUT2D eigenvalue weighted by Gasteiger charge is -2.25. The molecule has 1 rings (SSSR count). The first-order valence-corrected chi connectivity index (χ1v) is 9.74. The maximum absolute atomic E-state index is 12.0. The zero-order valence-corrected chi connectivity index (χ0v) is 15.2. The van der Waals surface area contributed by atoms with Gasteiger partial charge in [0.25, 0.3) is 0 Å². The molecule has 24 heavy (non-hydrogen) atoms. The molecular weight excluding hydrogens is 306 g/mol. The highest BCUT2D eigenvalue weighted by atomic mass is 16.4. The number of aliphatic hydroxyl groups is 1. The number of hydrogen-bond acceptors (Lipinski definition) is 3. The van der Waals surface area contributed by atoms with Crippen molar-refractivity contribution in [3.05, 3.63) is 0 Å². The van der Waals surface area contributed by atoms with Gasteiger partial charge in [-0.1, -0.05) is 39.0 Å². The van der Waals surface area contributed by atoms with Gasteiger partial charge in [-0.3, -0.25) is 9.59 Å². The van der Waals surface area contributed by atoms with Crippen LogP contribution in [0.15, 0.2) is 0 Å². The summed E-state index contributed by atoms with van der Waals surface area (Å²) < 4.78 is 0. The predicted octanol–water partition coefficient (Wildman–Crippen LogP) is 3.73. The maximum Gasteiger partial charge on any atom is 0.303 e. The van der Waals surface area contributed by atoms with Gasteiger partial charge in [-0.2, -0.15) is 0 Å². The minimum absolute atomic E-state index is 0.231. The van der Waals surface area contributed by atoms with Crippen molar-refractivity contribution in [1.82, 2.24) is 4.90 Å². The SMILES string of the molecule is CCCCC[C@@H](O)CC[C@H]1CCC(=O)N1CCCCCCC(=O)O. The van der Waals surface area contributed by atoms with Crippen LogP contribution in [0.25, 0.3) is 0 Å². The normalized spacial score (nSPS) is 19.0. The average molecular weight is 341 g/mol. The van der Waals surface area contributed by atoms with Crippen molar-refractivity contribution in [2.24, 2.45) is 0 Å². The molecule has 1 saturated heterocycles. The van der Waals surface area contributed by atoms with Crippen LogP contribution >= 0.6 is 0 Å². The van der Waals surface area contributed by atoms with Crippen molar-refractivity contribution in [3.8, 4) is 0 Å². The fourth-order valence-corrected chi connectivity index (χ4v) is 3.47. The molecule has 0 aliphatic carbocycles. The van der Waals surface area contributed by atoms with E-state index in [1.165, 1.54) is 12.8 Å². The number of amides is 1. The van der Waals surface area contributed by atoms with E-state index >= 15 is 0 Å². The Hall–Kier alpha value is -1.10. The zero-order valence-electron chi connectivity index (χ0n) is 15.2. The van der Waals surface area contributed by atoms with E-state index in [4.69, 9.17) is 5.11 Å². The lowest BCUT2D eigenvalue weighted by molar-refractivity contribution is -0.137. The van der Waals surface area contributed by atoms with E-state index in [2.05, 4.69) is 6.92 Å². The topological polar surface area (TPSA) is 77.8 Å². The van der Waals surface area contributed by atoms with E-state index in [0.717, 1.165) is 64.3 Å². The van der Waals surface area contributed by atoms with E-state index in [1.54, 1.807) is 0 Å².